The summed E-state index contributed by atoms with van der Waals surface area (Å²) in [5.41, 5.74) is 1.60. The molecule has 2 rings (SSSR count). The fraction of sp³-hybridized carbons (Fsp3) is 0.350. The molecule has 0 aliphatic carbocycles. The van der Waals surface area contributed by atoms with Crippen LogP contribution in [0.2, 0.25) is 0 Å². The standard InChI is InChI=1S/C20H26N2O4S2/c1-4-26-18-7-5-6-17(14-18)22(28(3,24)25)15-20(23)21-12-13-27-19-10-8-16(2)9-11-19/h5-11,14H,4,12-13,15H2,1-3H3,(H,21,23). The van der Waals surface area contributed by atoms with Crippen molar-refractivity contribution in [3.8, 4) is 5.75 Å². The lowest BCUT2D eigenvalue weighted by atomic mass is 10.2. The lowest BCUT2D eigenvalue weighted by molar-refractivity contribution is -0.119. The number of benzene rings is 2. The maximum absolute atomic E-state index is 12.3. The van der Waals surface area contributed by atoms with Gasteiger partial charge in [0.2, 0.25) is 15.9 Å². The number of carbonyl (C=O) groups excluding carboxylic acids is 1. The third kappa shape index (κ3) is 7.09. The largest absolute Gasteiger partial charge is 0.494 e. The summed E-state index contributed by atoms with van der Waals surface area (Å²) in [5.74, 6) is 0.910. The molecule has 0 unspecified atom stereocenters. The van der Waals surface area contributed by atoms with Gasteiger partial charge < -0.3 is 10.1 Å². The van der Waals surface area contributed by atoms with Gasteiger partial charge in [-0.2, -0.15) is 0 Å². The molecule has 0 radical (unpaired) electrons. The minimum Gasteiger partial charge on any atom is -0.494 e. The van der Waals surface area contributed by atoms with E-state index in [1.54, 1.807) is 36.0 Å². The minimum absolute atomic E-state index is 0.274. The van der Waals surface area contributed by atoms with Crippen molar-refractivity contribution in [3.63, 3.8) is 0 Å². The molecule has 0 saturated carbocycles. The molecule has 2 aromatic carbocycles. The highest BCUT2D eigenvalue weighted by Crippen LogP contribution is 2.23. The van der Waals surface area contributed by atoms with Gasteiger partial charge in [-0.05, 0) is 38.1 Å². The summed E-state index contributed by atoms with van der Waals surface area (Å²) in [7, 11) is -3.61. The Morgan fingerprint density at radius 3 is 2.54 bits per heavy atom. The molecular weight excluding hydrogens is 396 g/mol. The van der Waals surface area contributed by atoms with Crippen LogP contribution in [0.3, 0.4) is 0 Å². The zero-order valence-electron chi connectivity index (χ0n) is 16.3. The molecule has 152 valence electrons. The van der Waals surface area contributed by atoms with Crippen LogP contribution in [0.1, 0.15) is 12.5 Å². The van der Waals surface area contributed by atoms with Crippen molar-refractivity contribution >= 4 is 33.4 Å². The molecule has 0 atom stereocenters. The first-order valence-corrected chi connectivity index (χ1v) is 11.8. The van der Waals surface area contributed by atoms with Crippen LogP contribution in [0, 0.1) is 6.92 Å². The number of hydrogen-bond donors (Lipinski definition) is 1. The summed E-state index contributed by atoms with van der Waals surface area (Å²) in [4.78, 5) is 13.4. The van der Waals surface area contributed by atoms with Gasteiger partial charge in [0.1, 0.15) is 12.3 Å². The zero-order chi connectivity index (χ0) is 20.6. The van der Waals surface area contributed by atoms with Crippen molar-refractivity contribution < 1.29 is 17.9 Å². The third-order valence-corrected chi connectivity index (χ3v) is 5.97. The fourth-order valence-electron chi connectivity index (χ4n) is 2.48. The van der Waals surface area contributed by atoms with E-state index in [1.807, 2.05) is 38.1 Å². The molecule has 0 aromatic heterocycles. The second-order valence-electron chi connectivity index (χ2n) is 6.21. The van der Waals surface area contributed by atoms with Crippen LogP contribution in [0.25, 0.3) is 0 Å². The number of nitrogens with one attached hydrogen (secondary N) is 1. The summed E-state index contributed by atoms with van der Waals surface area (Å²) in [6.45, 7) is 4.54. The predicted molar refractivity (Wildman–Crippen MR) is 115 cm³/mol. The number of rotatable bonds is 10. The van der Waals surface area contributed by atoms with Gasteiger partial charge in [0, 0.05) is 23.3 Å². The topological polar surface area (TPSA) is 75.7 Å². The molecule has 1 amide bonds. The van der Waals surface area contributed by atoms with E-state index in [2.05, 4.69) is 5.32 Å². The molecule has 0 heterocycles. The third-order valence-electron chi connectivity index (χ3n) is 3.82. The average Bonchev–Trinajstić information content (AvgIpc) is 2.64. The zero-order valence-corrected chi connectivity index (χ0v) is 18.0. The molecule has 0 fully saturated rings. The molecule has 28 heavy (non-hydrogen) atoms. The second kappa shape index (κ2) is 10.4. The molecular formula is C20H26N2O4S2. The van der Waals surface area contributed by atoms with Gasteiger partial charge in [0.15, 0.2) is 0 Å². The van der Waals surface area contributed by atoms with E-state index in [0.717, 1.165) is 15.5 Å². The Morgan fingerprint density at radius 1 is 1.18 bits per heavy atom. The number of ether oxygens (including phenoxy) is 1. The summed E-state index contributed by atoms with van der Waals surface area (Å²) >= 11 is 1.64. The Bertz CT molecular complexity index is 883. The van der Waals surface area contributed by atoms with Crippen molar-refractivity contribution in [2.24, 2.45) is 0 Å². The summed E-state index contributed by atoms with van der Waals surface area (Å²) in [6.07, 6.45) is 1.08. The lowest BCUT2D eigenvalue weighted by Gasteiger charge is -2.22. The van der Waals surface area contributed by atoms with Gasteiger partial charge in [-0.3, -0.25) is 9.10 Å². The van der Waals surface area contributed by atoms with Gasteiger partial charge >= 0.3 is 0 Å². The van der Waals surface area contributed by atoms with Crippen LogP contribution in [0.5, 0.6) is 5.75 Å². The molecule has 2 aromatic rings. The normalized spacial score (nSPS) is 11.1. The van der Waals surface area contributed by atoms with E-state index in [0.29, 0.717) is 30.3 Å². The predicted octanol–water partition coefficient (Wildman–Crippen LogP) is 3.07. The fourth-order valence-corrected chi connectivity index (χ4v) is 4.09. The van der Waals surface area contributed by atoms with Gasteiger partial charge in [-0.1, -0.05) is 23.8 Å². The smallest absolute Gasteiger partial charge is 0.240 e. The van der Waals surface area contributed by atoms with Crippen LogP contribution in [0.15, 0.2) is 53.4 Å². The molecule has 0 spiro atoms. The second-order valence-corrected chi connectivity index (χ2v) is 9.29. The van der Waals surface area contributed by atoms with E-state index >= 15 is 0 Å². The number of anilines is 1. The van der Waals surface area contributed by atoms with Gasteiger partial charge in [-0.25, -0.2) is 8.42 Å². The van der Waals surface area contributed by atoms with E-state index in [-0.39, 0.29) is 12.5 Å². The van der Waals surface area contributed by atoms with Crippen molar-refractivity contribution in [2.45, 2.75) is 18.7 Å². The quantitative estimate of drug-likeness (QED) is 0.470. The van der Waals surface area contributed by atoms with E-state index in [1.165, 1.54) is 5.56 Å². The highest BCUT2D eigenvalue weighted by Gasteiger charge is 2.21. The Hall–Kier alpha value is -2.19. The van der Waals surface area contributed by atoms with Crippen molar-refractivity contribution in [1.29, 1.82) is 0 Å². The number of aryl methyl sites for hydroxylation is 1. The number of carbonyl (C=O) groups is 1. The lowest BCUT2D eigenvalue weighted by Crippen LogP contribution is -2.41. The number of thioether (sulfide) groups is 1. The SMILES string of the molecule is CCOc1cccc(N(CC(=O)NCCSc2ccc(C)cc2)S(C)(=O)=O)c1. The summed E-state index contributed by atoms with van der Waals surface area (Å²) < 4.78 is 30.9. The minimum atomic E-state index is -3.61. The first kappa shape index (κ1) is 22.1. The summed E-state index contributed by atoms with van der Waals surface area (Å²) in [5, 5.41) is 2.78. The number of hydrogen-bond acceptors (Lipinski definition) is 5. The maximum atomic E-state index is 12.3. The molecule has 8 heteroatoms. The van der Waals surface area contributed by atoms with Gasteiger partial charge in [-0.15, -0.1) is 11.8 Å². The first-order chi connectivity index (χ1) is 13.3. The molecule has 1 N–H and O–H groups in total. The van der Waals surface area contributed by atoms with Crippen LogP contribution in [-0.4, -0.2) is 46.0 Å². The van der Waals surface area contributed by atoms with Gasteiger partial charge in [0.05, 0.1) is 18.6 Å². The molecule has 0 aliphatic rings. The van der Waals surface area contributed by atoms with E-state index in [9.17, 15) is 13.2 Å². The monoisotopic (exact) mass is 422 g/mol. The summed E-state index contributed by atoms with van der Waals surface area (Å²) in [6, 6.07) is 14.9. The Kier molecular flexibility index (Phi) is 8.19. The van der Waals surface area contributed by atoms with E-state index < -0.39 is 10.0 Å². The average molecular weight is 423 g/mol. The number of amides is 1. The van der Waals surface area contributed by atoms with Crippen molar-refractivity contribution in [2.75, 3.05) is 36.0 Å². The van der Waals surface area contributed by atoms with E-state index in [4.69, 9.17) is 4.74 Å². The number of nitrogens with zero attached hydrogens (tertiary/aromatic N) is 1. The number of sulfonamides is 1. The van der Waals surface area contributed by atoms with Crippen molar-refractivity contribution in [1.82, 2.24) is 5.32 Å². The Balaban J connectivity index is 1.92. The molecule has 6 nitrogen and oxygen atoms in total. The van der Waals surface area contributed by atoms with Crippen LogP contribution < -0.4 is 14.4 Å². The Labute approximate surface area is 171 Å². The van der Waals surface area contributed by atoms with Crippen LogP contribution in [0.4, 0.5) is 5.69 Å². The van der Waals surface area contributed by atoms with Crippen LogP contribution >= 0.6 is 11.8 Å². The maximum Gasteiger partial charge on any atom is 0.240 e. The Morgan fingerprint density at radius 2 is 1.89 bits per heavy atom. The first-order valence-electron chi connectivity index (χ1n) is 8.96. The molecule has 0 aliphatic heterocycles. The molecule has 0 saturated heterocycles. The highest BCUT2D eigenvalue weighted by atomic mass is 32.2. The van der Waals surface area contributed by atoms with Gasteiger partial charge in [0.25, 0.3) is 0 Å². The van der Waals surface area contributed by atoms with Crippen molar-refractivity contribution in [3.05, 3.63) is 54.1 Å². The highest BCUT2D eigenvalue weighted by molar-refractivity contribution is 7.99. The molecule has 0 bridgehead atoms. The van der Waals surface area contributed by atoms with Crippen LogP contribution in [-0.2, 0) is 14.8 Å².